The highest BCUT2D eigenvalue weighted by Crippen LogP contribution is 2.26. The number of rotatable bonds is 6. The number of thioether (sulfide) groups is 1. The molecule has 1 N–H and O–H groups in total. The van der Waals surface area contributed by atoms with Gasteiger partial charge in [-0.1, -0.05) is 13.3 Å². The minimum atomic E-state index is -0.0835. The van der Waals surface area contributed by atoms with E-state index in [4.69, 9.17) is 4.74 Å². The Morgan fingerprint density at radius 2 is 2.23 bits per heavy atom. The van der Waals surface area contributed by atoms with Crippen LogP contribution in [0.1, 0.15) is 26.2 Å². The lowest BCUT2D eigenvalue weighted by molar-refractivity contribution is 0.0875. The third-order valence-electron chi connectivity index (χ3n) is 2.44. The second-order valence-electron chi connectivity index (χ2n) is 3.62. The van der Waals surface area contributed by atoms with Gasteiger partial charge in [0, 0.05) is 19.0 Å². The summed E-state index contributed by atoms with van der Waals surface area (Å²) in [4.78, 5) is 0. The predicted molar refractivity (Wildman–Crippen MR) is 57.2 cm³/mol. The molecule has 1 fully saturated rings. The van der Waals surface area contributed by atoms with Crippen molar-refractivity contribution in [1.82, 2.24) is 0 Å². The van der Waals surface area contributed by atoms with Crippen molar-refractivity contribution in [3.63, 3.8) is 0 Å². The Morgan fingerprint density at radius 3 is 2.85 bits per heavy atom. The van der Waals surface area contributed by atoms with E-state index in [9.17, 15) is 5.11 Å². The van der Waals surface area contributed by atoms with Crippen molar-refractivity contribution in [1.29, 1.82) is 0 Å². The van der Waals surface area contributed by atoms with Crippen molar-refractivity contribution >= 4 is 11.8 Å². The predicted octanol–water partition coefficient (Wildman–Crippen LogP) is 1.92. The smallest absolute Gasteiger partial charge is 0.0667 e. The van der Waals surface area contributed by atoms with Gasteiger partial charge in [-0.15, -0.1) is 0 Å². The van der Waals surface area contributed by atoms with Gasteiger partial charge in [0.25, 0.3) is 0 Å². The van der Waals surface area contributed by atoms with E-state index >= 15 is 0 Å². The summed E-state index contributed by atoms with van der Waals surface area (Å²) < 4.78 is 5.46. The van der Waals surface area contributed by atoms with Crippen LogP contribution in [0.4, 0.5) is 0 Å². The second kappa shape index (κ2) is 6.68. The van der Waals surface area contributed by atoms with E-state index in [2.05, 4.69) is 6.92 Å². The van der Waals surface area contributed by atoms with Gasteiger partial charge in [-0.25, -0.2) is 0 Å². The van der Waals surface area contributed by atoms with Crippen LogP contribution < -0.4 is 0 Å². The first-order valence-electron chi connectivity index (χ1n) is 5.18. The number of aliphatic hydroxyl groups is 1. The third-order valence-corrected chi connectivity index (χ3v) is 3.68. The first-order valence-corrected chi connectivity index (χ1v) is 6.33. The fraction of sp³-hybridized carbons (Fsp3) is 1.00. The SMILES string of the molecule is CCCCOCCC1CSCC1O. The largest absolute Gasteiger partial charge is 0.392 e. The highest BCUT2D eigenvalue weighted by atomic mass is 32.2. The fourth-order valence-electron chi connectivity index (χ4n) is 1.45. The molecule has 0 amide bonds. The molecular weight excluding hydrogens is 184 g/mol. The van der Waals surface area contributed by atoms with Crippen molar-refractivity contribution < 1.29 is 9.84 Å². The average Bonchev–Trinajstić information content (AvgIpc) is 2.52. The van der Waals surface area contributed by atoms with E-state index in [1.54, 1.807) is 0 Å². The number of unbranched alkanes of at least 4 members (excludes halogenated alkanes) is 1. The van der Waals surface area contributed by atoms with Crippen molar-refractivity contribution in [2.24, 2.45) is 5.92 Å². The lowest BCUT2D eigenvalue weighted by atomic mass is 10.0. The molecule has 13 heavy (non-hydrogen) atoms. The van der Waals surface area contributed by atoms with E-state index in [1.807, 2.05) is 11.8 Å². The van der Waals surface area contributed by atoms with E-state index < -0.39 is 0 Å². The zero-order valence-corrected chi connectivity index (χ0v) is 9.18. The molecule has 0 aromatic heterocycles. The van der Waals surface area contributed by atoms with Gasteiger partial charge in [0.05, 0.1) is 6.10 Å². The van der Waals surface area contributed by atoms with Crippen LogP contribution in [0, 0.1) is 5.92 Å². The Balaban J connectivity index is 1.93. The summed E-state index contributed by atoms with van der Waals surface area (Å²) in [6.45, 7) is 3.87. The molecule has 1 heterocycles. The summed E-state index contributed by atoms with van der Waals surface area (Å²) in [6, 6.07) is 0. The summed E-state index contributed by atoms with van der Waals surface area (Å²) in [5.74, 6) is 2.50. The maximum absolute atomic E-state index is 9.52. The van der Waals surface area contributed by atoms with Crippen LogP contribution in [0.3, 0.4) is 0 Å². The molecule has 1 aliphatic rings. The maximum atomic E-state index is 9.52. The summed E-state index contributed by atoms with van der Waals surface area (Å²) in [6.07, 6.45) is 3.29. The molecule has 0 aliphatic carbocycles. The Hall–Kier alpha value is 0.270. The molecule has 1 rings (SSSR count). The van der Waals surface area contributed by atoms with E-state index in [-0.39, 0.29) is 6.10 Å². The van der Waals surface area contributed by atoms with Gasteiger partial charge >= 0.3 is 0 Å². The van der Waals surface area contributed by atoms with Crippen LogP contribution in [-0.4, -0.2) is 35.9 Å². The lowest BCUT2D eigenvalue weighted by Gasteiger charge is -2.12. The van der Waals surface area contributed by atoms with Crippen molar-refractivity contribution in [2.45, 2.75) is 32.3 Å². The Bertz CT molecular complexity index is 130. The molecule has 1 aliphatic heterocycles. The van der Waals surface area contributed by atoms with E-state index in [0.29, 0.717) is 5.92 Å². The summed E-state index contributed by atoms with van der Waals surface area (Å²) in [7, 11) is 0. The molecular formula is C10H20O2S. The first-order chi connectivity index (χ1) is 6.34. The van der Waals surface area contributed by atoms with Crippen molar-refractivity contribution in [3.05, 3.63) is 0 Å². The highest BCUT2D eigenvalue weighted by molar-refractivity contribution is 7.99. The summed E-state index contributed by atoms with van der Waals surface area (Å²) >= 11 is 1.85. The number of hydrogen-bond donors (Lipinski definition) is 1. The van der Waals surface area contributed by atoms with E-state index in [0.717, 1.165) is 37.6 Å². The van der Waals surface area contributed by atoms with Crippen LogP contribution >= 0.6 is 11.8 Å². The zero-order chi connectivity index (χ0) is 9.52. The van der Waals surface area contributed by atoms with Crippen molar-refractivity contribution in [2.75, 3.05) is 24.7 Å². The molecule has 3 heteroatoms. The number of hydrogen-bond acceptors (Lipinski definition) is 3. The zero-order valence-electron chi connectivity index (χ0n) is 8.37. The van der Waals surface area contributed by atoms with Gasteiger partial charge in [-0.05, 0) is 24.5 Å². The van der Waals surface area contributed by atoms with Crippen molar-refractivity contribution in [3.8, 4) is 0 Å². The molecule has 78 valence electrons. The van der Waals surface area contributed by atoms with Gasteiger partial charge in [0.2, 0.25) is 0 Å². The summed E-state index contributed by atoms with van der Waals surface area (Å²) in [5.41, 5.74) is 0. The molecule has 2 unspecified atom stereocenters. The molecule has 1 saturated heterocycles. The Labute approximate surface area is 85.0 Å². The van der Waals surface area contributed by atoms with Gasteiger partial charge in [-0.3, -0.25) is 0 Å². The van der Waals surface area contributed by atoms with Crippen LogP contribution in [0.15, 0.2) is 0 Å². The maximum Gasteiger partial charge on any atom is 0.0667 e. The lowest BCUT2D eigenvalue weighted by Crippen LogP contribution is -2.19. The Kier molecular flexibility index (Phi) is 5.83. The second-order valence-corrected chi connectivity index (χ2v) is 4.69. The van der Waals surface area contributed by atoms with Gasteiger partial charge in [0.15, 0.2) is 0 Å². The molecule has 0 radical (unpaired) electrons. The minimum Gasteiger partial charge on any atom is -0.392 e. The minimum absolute atomic E-state index is 0.0835. The number of aliphatic hydroxyl groups excluding tert-OH is 1. The van der Waals surface area contributed by atoms with Crippen LogP contribution in [0.25, 0.3) is 0 Å². The Morgan fingerprint density at radius 1 is 1.38 bits per heavy atom. The topological polar surface area (TPSA) is 29.5 Å². The molecule has 0 aromatic carbocycles. The molecule has 0 aromatic rings. The van der Waals surface area contributed by atoms with Gasteiger partial charge < -0.3 is 9.84 Å². The highest BCUT2D eigenvalue weighted by Gasteiger charge is 2.24. The molecule has 0 bridgehead atoms. The van der Waals surface area contributed by atoms with Crippen LogP contribution in [0.2, 0.25) is 0 Å². The first kappa shape index (κ1) is 11.3. The number of ether oxygens (including phenoxy) is 1. The van der Waals surface area contributed by atoms with Gasteiger partial charge in [0.1, 0.15) is 0 Å². The van der Waals surface area contributed by atoms with E-state index in [1.165, 1.54) is 6.42 Å². The normalized spacial score (nSPS) is 28.2. The molecule has 2 atom stereocenters. The monoisotopic (exact) mass is 204 g/mol. The van der Waals surface area contributed by atoms with Crippen LogP contribution in [0.5, 0.6) is 0 Å². The average molecular weight is 204 g/mol. The molecule has 2 nitrogen and oxygen atoms in total. The third kappa shape index (κ3) is 4.34. The molecule has 0 spiro atoms. The van der Waals surface area contributed by atoms with Gasteiger partial charge in [-0.2, -0.15) is 11.8 Å². The standard InChI is InChI=1S/C10H20O2S/c1-2-3-5-12-6-4-9-7-13-8-10(9)11/h9-11H,2-8H2,1H3. The summed E-state index contributed by atoms with van der Waals surface area (Å²) in [5, 5.41) is 9.52. The van der Waals surface area contributed by atoms with Crippen LogP contribution in [-0.2, 0) is 4.74 Å². The molecule has 0 saturated carbocycles. The fourth-order valence-corrected chi connectivity index (χ4v) is 2.79. The quantitative estimate of drug-likeness (QED) is 0.670.